The first-order chi connectivity index (χ1) is 15.0. The molecule has 164 valence electrons. The molecule has 6 nitrogen and oxygen atoms in total. The zero-order valence-corrected chi connectivity index (χ0v) is 17.2. The zero-order chi connectivity index (χ0) is 21.7. The molecule has 1 atom stereocenters. The van der Waals surface area contributed by atoms with Gasteiger partial charge in [0.1, 0.15) is 29.9 Å². The summed E-state index contributed by atoms with van der Waals surface area (Å²) < 4.78 is 35.5. The van der Waals surface area contributed by atoms with Crippen molar-refractivity contribution in [2.24, 2.45) is 0 Å². The van der Waals surface area contributed by atoms with Crippen LogP contribution in [-0.4, -0.2) is 50.5 Å². The van der Waals surface area contributed by atoms with Gasteiger partial charge in [0.15, 0.2) is 0 Å². The molecule has 0 bridgehead atoms. The van der Waals surface area contributed by atoms with E-state index in [1.165, 1.54) is 23.4 Å². The number of nitrogens with zero attached hydrogens (tertiary/aromatic N) is 4. The van der Waals surface area contributed by atoms with Gasteiger partial charge in [-0.1, -0.05) is 36.4 Å². The molecule has 1 aromatic heterocycles. The molecule has 4 rings (SSSR count). The van der Waals surface area contributed by atoms with Crippen LogP contribution in [-0.2, 0) is 23.5 Å². The molecule has 0 radical (unpaired) electrons. The Labute approximate surface area is 180 Å². The molecule has 2 heterocycles. The number of likely N-dealkylation sites (tertiary alicyclic amines) is 1. The molecule has 0 aliphatic carbocycles. The van der Waals surface area contributed by atoms with Crippen LogP contribution in [0.2, 0.25) is 0 Å². The highest BCUT2D eigenvalue weighted by atomic mass is 19.1. The van der Waals surface area contributed by atoms with Crippen LogP contribution in [0.3, 0.4) is 0 Å². The second-order valence-electron chi connectivity index (χ2n) is 8.02. The van der Waals surface area contributed by atoms with Gasteiger partial charge >= 0.3 is 0 Å². The van der Waals surface area contributed by atoms with E-state index in [1.807, 2.05) is 30.3 Å². The van der Waals surface area contributed by atoms with Crippen LogP contribution in [0.5, 0.6) is 0 Å². The van der Waals surface area contributed by atoms with Crippen LogP contribution in [0.1, 0.15) is 24.0 Å². The lowest BCUT2D eigenvalue weighted by Crippen LogP contribution is -2.48. The van der Waals surface area contributed by atoms with Gasteiger partial charge in [0.25, 0.3) is 0 Å². The lowest BCUT2D eigenvalue weighted by atomic mass is 9.91. The number of β-amino-alcohol motifs (C(OH)–C–C–N with tert-alkyl or cyclic N) is 1. The summed E-state index contributed by atoms with van der Waals surface area (Å²) >= 11 is 0. The molecule has 1 aliphatic heterocycles. The maximum Gasteiger partial charge on any atom is 0.137 e. The predicted molar refractivity (Wildman–Crippen MR) is 111 cm³/mol. The molecular formula is C23H26F2N4O2. The summed E-state index contributed by atoms with van der Waals surface area (Å²) in [6.45, 7) is 2.20. The highest BCUT2D eigenvalue weighted by Crippen LogP contribution is 2.29. The molecule has 2 aromatic carbocycles. The third kappa shape index (κ3) is 5.52. The summed E-state index contributed by atoms with van der Waals surface area (Å²) in [6.07, 6.45) is 4.60. The molecule has 31 heavy (non-hydrogen) atoms. The van der Waals surface area contributed by atoms with Crippen molar-refractivity contribution in [3.63, 3.8) is 0 Å². The van der Waals surface area contributed by atoms with Crippen LogP contribution < -0.4 is 0 Å². The zero-order valence-electron chi connectivity index (χ0n) is 17.2. The van der Waals surface area contributed by atoms with Crippen LogP contribution in [0.15, 0.2) is 61.2 Å². The fraction of sp³-hybridized carbons (Fsp3) is 0.391. The van der Waals surface area contributed by atoms with Crippen LogP contribution in [0.4, 0.5) is 8.78 Å². The number of piperidine rings is 1. The standard InChI is InChI=1S/C23H26F2N4O2/c24-19-6-7-21(22(25)12-19)23(30,15-29-17-26-16-27-29)14-28-10-8-20(9-11-28)31-13-18-4-2-1-3-5-18/h1-7,12,16-17,20,30H,8-11,13-15H2. The third-order valence-corrected chi connectivity index (χ3v) is 5.67. The normalized spacial score (nSPS) is 17.5. The van der Waals surface area contributed by atoms with Crippen molar-refractivity contribution in [1.29, 1.82) is 0 Å². The first-order valence-electron chi connectivity index (χ1n) is 10.4. The maximum atomic E-state index is 14.6. The molecule has 1 saturated heterocycles. The number of aromatic nitrogens is 3. The Balaban J connectivity index is 1.40. The number of hydrogen-bond donors (Lipinski definition) is 1. The lowest BCUT2D eigenvalue weighted by Gasteiger charge is -2.38. The molecule has 1 aliphatic rings. The van der Waals surface area contributed by atoms with E-state index in [-0.39, 0.29) is 24.8 Å². The first-order valence-corrected chi connectivity index (χ1v) is 10.4. The Hall–Kier alpha value is -2.68. The van der Waals surface area contributed by atoms with E-state index < -0.39 is 17.2 Å². The summed E-state index contributed by atoms with van der Waals surface area (Å²) in [5, 5.41) is 15.5. The van der Waals surface area contributed by atoms with Gasteiger partial charge in [0.2, 0.25) is 0 Å². The van der Waals surface area contributed by atoms with E-state index in [0.717, 1.165) is 30.5 Å². The van der Waals surface area contributed by atoms with Crippen LogP contribution in [0.25, 0.3) is 0 Å². The lowest BCUT2D eigenvalue weighted by molar-refractivity contribution is -0.0489. The van der Waals surface area contributed by atoms with Gasteiger partial charge in [-0.15, -0.1) is 0 Å². The quantitative estimate of drug-likeness (QED) is 0.597. The fourth-order valence-electron chi connectivity index (χ4n) is 4.06. The summed E-state index contributed by atoms with van der Waals surface area (Å²) in [5.74, 6) is -1.45. The summed E-state index contributed by atoms with van der Waals surface area (Å²) in [7, 11) is 0. The van der Waals surface area contributed by atoms with Gasteiger partial charge < -0.3 is 9.84 Å². The monoisotopic (exact) mass is 428 g/mol. The molecule has 8 heteroatoms. The van der Waals surface area contributed by atoms with Gasteiger partial charge in [-0.3, -0.25) is 4.90 Å². The molecule has 3 aromatic rings. The number of rotatable bonds is 8. The minimum Gasteiger partial charge on any atom is -0.382 e. The van der Waals surface area contributed by atoms with Crippen molar-refractivity contribution in [1.82, 2.24) is 19.7 Å². The predicted octanol–water partition coefficient (Wildman–Crippen LogP) is 3.13. The number of halogens is 2. The first kappa shape index (κ1) is 21.5. The average molecular weight is 428 g/mol. The van der Waals surface area contributed by atoms with E-state index in [1.54, 1.807) is 0 Å². The van der Waals surface area contributed by atoms with Crippen molar-refractivity contribution in [2.45, 2.75) is 37.7 Å². The van der Waals surface area contributed by atoms with E-state index in [0.29, 0.717) is 19.7 Å². The summed E-state index contributed by atoms with van der Waals surface area (Å²) in [5.41, 5.74) is -0.394. The Morgan fingerprint density at radius 1 is 1.06 bits per heavy atom. The van der Waals surface area contributed by atoms with E-state index >= 15 is 0 Å². The van der Waals surface area contributed by atoms with E-state index in [4.69, 9.17) is 4.74 Å². The van der Waals surface area contributed by atoms with E-state index in [9.17, 15) is 13.9 Å². The average Bonchev–Trinajstić information content (AvgIpc) is 3.26. The Morgan fingerprint density at radius 2 is 1.84 bits per heavy atom. The van der Waals surface area contributed by atoms with Gasteiger partial charge in [-0.05, 0) is 24.5 Å². The number of benzene rings is 2. The van der Waals surface area contributed by atoms with Gasteiger partial charge in [-0.25, -0.2) is 18.4 Å². The summed E-state index contributed by atoms with van der Waals surface area (Å²) in [4.78, 5) is 5.98. The highest BCUT2D eigenvalue weighted by molar-refractivity contribution is 5.25. The molecule has 1 unspecified atom stereocenters. The second-order valence-corrected chi connectivity index (χ2v) is 8.02. The largest absolute Gasteiger partial charge is 0.382 e. The SMILES string of the molecule is OC(CN1CCC(OCc2ccccc2)CC1)(Cn1cncn1)c1ccc(F)cc1F. The highest BCUT2D eigenvalue weighted by Gasteiger charge is 2.36. The molecule has 1 fully saturated rings. The van der Waals surface area contributed by atoms with E-state index in [2.05, 4.69) is 15.0 Å². The number of aliphatic hydroxyl groups is 1. The molecule has 0 spiro atoms. The Morgan fingerprint density at radius 3 is 2.52 bits per heavy atom. The minimum absolute atomic E-state index is 0.0139. The number of ether oxygens (including phenoxy) is 1. The van der Waals surface area contributed by atoms with Gasteiger partial charge in [0.05, 0.1) is 19.3 Å². The third-order valence-electron chi connectivity index (χ3n) is 5.67. The molecular weight excluding hydrogens is 402 g/mol. The van der Waals surface area contributed by atoms with Crippen LogP contribution >= 0.6 is 0 Å². The molecule has 0 amide bonds. The summed E-state index contributed by atoms with van der Waals surface area (Å²) in [6, 6.07) is 13.3. The Bertz CT molecular complexity index is 963. The van der Waals surface area contributed by atoms with Crippen molar-refractivity contribution < 1.29 is 18.6 Å². The van der Waals surface area contributed by atoms with Crippen molar-refractivity contribution in [3.05, 3.63) is 83.9 Å². The smallest absolute Gasteiger partial charge is 0.137 e. The fourth-order valence-corrected chi connectivity index (χ4v) is 4.06. The molecule has 1 N–H and O–H groups in total. The maximum absolute atomic E-state index is 14.6. The minimum atomic E-state index is -1.58. The van der Waals surface area contributed by atoms with Crippen molar-refractivity contribution in [2.75, 3.05) is 19.6 Å². The second kappa shape index (κ2) is 9.64. The number of hydrogen-bond acceptors (Lipinski definition) is 5. The van der Waals surface area contributed by atoms with Crippen molar-refractivity contribution >= 4 is 0 Å². The van der Waals surface area contributed by atoms with Crippen LogP contribution in [0, 0.1) is 11.6 Å². The Kier molecular flexibility index (Phi) is 6.70. The van der Waals surface area contributed by atoms with Gasteiger partial charge in [0, 0.05) is 31.3 Å². The van der Waals surface area contributed by atoms with Crippen molar-refractivity contribution in [3.8, 4) is 0 Å². The molecule has 0 saturated carbocycles. The topological polar surface area (TPSA) is 63.4 Å². The van der Waals surface area contributed by atoms with Gasteiger partial charge in [-0.2, -0.15) is 5.10 Å².